The van der Waals surface area contributed by atoms with Crippen molar-refractivity contribution in [3.63, 3.8) is 0 Å². The van der Waals surface area contributed by atoms with E-state index in [9.17, 15) is 8.42 Å². The lowest BCUT2D eigenvalue weighted by Gasteiger charge is -2.27. The summed E-state index contributed by atoms with van der Waals surface area (Å²) in [6.45, 7) is 6.46. The molecule has 0 radical (unpaired) electrons. The fourth-order valence-corrected chi connectivity index (χ4v) is 3.25. The van der Waals surface area contributed by atoms with Crippen LogP contribution >= 0.6 is 12.4 Å². The van der Waals surface area contributed by atoms with Gasteiger partial charge >= 0.3 is 0 Å². The summed E-state index contributed by atoms with van der Waals surface area (Å²) in [5, 5.41) is 3.19. The minimum Gasteiger partial charge on any atom is -0.315 e. The molecule has 0 unspecified atom stereocenters. The molecule has 1 fully saturated rings. The van der Waals surface area contributed by atoms with E-state index in [1.54, 1.807) is 0 Å². The van der Waals surface area contributed by atoms with E-state index in [1.165, 1.54) is 4.31 Å². The molecule has 0 aromatic heterocycles. The Balaban J connectivity index is 0.00000225. The molecule has 1 saturated heterocycles. The maximum Gasteiger partial charge on any atom is 0.279 e. The van der Waals surface area contributed by atoms with Gasteiger partial charge in [0.25, 0.3) is 10.2 Å². The second-order valence-electron chi connectivity index (χ2n) is 3.75. The van der Waals surface area contributed by atoms with Crippen molar-refractivity contribution < 1.29 is 8.42 Å². The first-order chi connectivity index (χ1) is 7.10. The number of nitrogens with one attached hydrogen (secondary N) is 2. The fourth-order valence-electron chi connectivity index (χ4n) is 1.80. The second kappa shape index (κ2) is 7.45. The summed E-state index contributed by atoms with van der Waals surface area (Å²) in [6.07, 6.45) is 1.96. The Kier molecular flexibility index (Phi) is 7.50. The van der Waals surface area contributed by atoms with Crippen LogP contribution in [0.3, 0.4) is 0 Å². The van der Waals surface area contributed by atoms with Gasteiger partial charge in [0, 0.05) is 25.7 Å². The molecule has 16 heavy (non-hydrogen) atoms. The Morgan fingerprint density at radius 2 is 2.00 bits per heavy atom. The van der Waals surface area contributed by atoms with Crippen molar-refractivity contribution in [2.24, 2.45) is 0 Å². The Bertz CT molecular complexity index is 274. The molecule has 1 aliphatic rings. The number of rotatable bonds is 5. The molecule has 2 N–H and O–H groups in total. The van der Waals surface area contributed by atoms with Crippen LogP contribution in [0.5, 0.6) is 0 Å². The monoisotopic (exact) mass is 271 g/mol. The molecule has 1 aliphatic heterocycles. The molecule has 1 heterocycles. The molecule has 0 spiro atoms. The van der Waals surface area contributed by atoms with Crippen molar-refractivity contribution in [2.75, 3.05) is 26.2 Å². The lowest BCUT2D eigenvalue weighted by atomic mass is 10.1. The van der Waals surface area contributed by atoms with Crippen LogP contribution in [0.4, 0.5) is 0 Å². The molecular formula is C9H22ClN3O2S. The van der Waals surface area contributed by atoms with E-state index >= 15 is 0 Å². The van der Waals surface area contributed by atoms with Gasteiger partial charge in [-0.2, -0.15) is 17.4 Å². The predicted octanol–water partition coefficient (Wildman–Crippen LogP) is 0.336. The molecule has 0 aliphatic carbocycles. The van der Waals surface area contributed by atoms with Crippen LogP contribution in [-0.2, 0) is 10.2 Å². The van der Waals surface area contributed by atoms with Crippen LogP contribution in [0.1, 0.15) is 26.7 Å². The van der Waals surface area contributed by atoms with Gasteiger partial charge in [0.1, 0.15) is 0 Å². The molecule has 0 saturated carbocycles. The van der Waals surface area contributed by atoms with Gasteiger partial charge in [0.15, 0.2) is 0 Å². The Morgan fingerprint density at radius 1 is 1.38 bits per heavy atom. The fraction of sp³-hybridized carbons (Fsp3) is 1.00. The summed E-state index contributed by atoms with van der Waals surface area (Å²) in [6, 6.07) is 0.0457. The summed E-state index contributed by atoms with van der Waals surface area (Å²) in [5.41, 5.74) is 0. The number of halogens is 1. The normalized spacial score (nSPS) is 21.8. The van der Waals surface area contributed by atoms with Gasteiger partial charge in [-0.15, -0.1) is 12.4 Å². The Labute approximate surface area is 105 Å². The third kappa shape index (κ3) is 4.55. The van der Waals surface area contributed by atoms with Gasteiger partial charge in [0.05, 0.1) is 0 Å². The van der Waals surface area contributed by atoms with Crippen LogP contribution in [0.2, 0.25) is 0 Å². The molecule has 1 atom stereocenters. The molecule has 0 aromatic carbocycles. The molecular weight excluding hydrogens is 250 g/mol. The van der Waals surface area contributed by atoms with Crippen molar-refractivity contribution in [3.8, 4) is 0 Å². The van der Waals surface area contributed by atoms with E-state index in [0.717, 1.165) is 25.9 Å². The topological polar surface area (TPSA) is 61.4 Å². The predicted molar refractivity (Wildman–Crippen MR) is 68.1 cm³/mol. The van der Waals surface area contributed by atoms with E-state index in [2.05, 4.69) is 10.0 Å². The summed E-state index contributed by atoms with van der Waals surface area (Å²) in [4.78, 5) is 0. The smallest absolute Gasteiger partial charge is 0.279 e. The molecule has 1 rings (SSSR count). The highest BCUT2D eigenvalue weighted by Crippen LogP contribution is 2.05. The van der Waals surface area contributed by atoms with Gasteiger partial charge in [-0.1, -0.05) is 13.8 Å². The third-order valence-corrected chi connectivity index (χ3v) is 4.49. The SMILES string of the molecule is CCN(CC)S(=O)(=O)N[C@@H]1CCCNC1.Cl. The molecule has 98 valence electrons. The number of hydrogen-bond donors (Lipinski definition) is 2. The van der Waals surface area contributed by atoms with Crippen LogP contribution < -0.4 is 10.0 Å². The van der Waals surface area contributed by atoms with Gasteiger partial charge < -0.3 is 5.32 Å². The largest absolute Gasteiger partial charge is 0.315 e. The third-order valence-electron chi connectivity index (χ3n) is 2.66. The summed E-state index contributed by atoms with van der Waals surface area (Å²) >= 11 is 0. The van der Waals surface area contributed by atoms with E-state index < -0.39 is 10.2 Å². The van der Waals surface area contributed by atoms with Gasteiger partial charge in [0.2, 0.25) is 0 Å². The summed E-state index contributed by atoms with van der Waals surface area (Å²) in [7, 11) is -3.28. The van der Waals surface area contributed by atoms with Gasteiger partial charge in [-0.05, 0) is 19.4 Å². The average molecular weight is 272 g/mol. The minimum absolute atomic E-state index is 0. The average Bonchev–Trinajstić information content (AvgIpc) is 2.19. The van der Waals surface area contributed by atoms with Crippen LogP contribution in [-0.4, -0.2) is 44.9 Å². The van der Waals surface area contributed by atoms with Crippen molar-refractivity contribution >= 4 is 22.6 Å². The summed E-state index contributed by atoms with van der Waals surface area (Å²) < 4.78 is 27.9. The van der Waals surface area contributed by atoms with E-state index in [-0.39, 0.29) is 18.4 Å². The minimum atomic E-state index is -3.28. The van der Waals surface area contributed by atoms with Gasteiger partial charge in [-0.25, -0.2) is 0 Å². The zero-order valence-corrected chi connectivity index (χ0v) is 11.5. The maximum atomic E-state index is 11.8. The van der Waals surface area contributed by atoms with Crippen LogP contribution in [0, 0.1) is 0 Å². The Morgan fingerprint density at radius 3 is 2.44 bits per heavy atom. The van der Waals surface area contributed by atoms with Crippen molar-refractivity contribution in [1.29, 1.82) is 0 Å². The highest BCUT2D eigenvalue weighted by Gasteiger charge is 2.23. The molecule has 0 bridgehead atoms. The van der Waals surface area contributed by atoms with E-state index in [0.29, 0.717) is 13.1 Å². The zero-order valence-electron chi connectivity index (χ0n) is 9.90. The van der Waals surface area contributed by atoms with Crippen molar-refractivity contribution in [3.05, 3.63) is 0 Å². The molecule has 5 nitrogen and oxygen atoms in total. The number of piperidine rings is 1. The van der Waals surface area contributed by atoms with Crippen molar-refractivity contribution in [1.82, 2.24) is 14.3 Å². The molecule has 0 aromatic rings. The first-order valence-corrected chi connectivity index (χ1v) is 7.02. The standard InChI is InChI=1S/C9H21N3O2S.ClH/c1-3-12(4-2)15(13,14)11-9-6-5-7-10-8-9;/h9-11H,3-8H2,1-2H3;1H/t9-;/m1./s1. The summed E-state index contributed by atoms with van der Waals surface area (Å²) in [5.74, 6) is 0. The van der Waals surface area contributed by atoms with E-state index in [4.69, 9.17) is 0 Å². The highest BCUT2D eigenvalue weighted by molar-refractivity contribution is 7.87. The second-order valence-corrected chi connectivity index (χ2v) is 5.45. The maximum absolute atomic E-state index is 11.8. The van der Waals surface area contributed by atoms with Crippen LogP contribution in [0.15, 0.2) is 0 Å². The van der Waals surface area contributed by atoms with Gasteiger partial charge in [-0.3, -0.25) is 0 Å². The number of nitrogens with zero attached hydrogens (tertiary/aromatic N) is 1. The molecule has 0 amide bonds. The first kappa shape index (κ1) is 16.1. The zero-order chi connectivity index (χ0) is 11.3. The van der Waals surface area contributed by atoms with Crippen LogP contribution in [0.25, 0.3) is 0 Å². The lowest BCUT2D eigenvalue weighted by molar-refractivity contribution is 0.393. The van der Waals surface area contributed by atoms with Crippen molar-refractivity contribution in [2.45, 2.75) is 32.7 Å². The van der Waals surface area contributed by atoms with E-state index in [1.807, 2.05) is 13.8 Å². The highest BCUT2D eigenvalue weighted by atomic mass is 35.5. The lowest BCUT2D eigenvalue weighted by Crippen LogP contribution is -2.50. The first-order valence-electron chi connectivity index (χ1n) is 5.58. The molecule has 7 heteroatoms. The number of hydrogen-bond acceptors (Lipinski definition) is 3. The quantitative estimate of drug-likeness (QED) is 0.758. The Hall–Kier alpha value is 0.120.